The molecule has 2 atom stereocenters. The van der Waals surface area contributed by atoms with Gasteiger partial charge in [-0.2, -0.15) is 0 Å². The monoisotopic (exact) mass is 441 g/mol. The Bertz CT molecular complexity index is 1060. The summed E-state index contributed by atoms with van der Waals surface area (Å²) in [4.78, 5) is 25.2. The topological polar surface area (TPSA) is 93.4 Å². The van der Waals surface area contributed by atoms with Crippen molar-refractivity contribution in [3.63, 3.8) is 0 Å². The molecule has 8 nitrogen and oxygen atoms in total. The standard InChI is InChI=1S/C22H27N5O3S/c1-12-6-17(7-13(2)24-12)20-18(9-23-21(28)19-8-14(3)26-30-19)25-22(31-20)27-10-15(4)29-16(5)11-27/h6-8,15-16H,9-11H2,1-5H3,(H,23,28). The van der Waals surface area contributed by atoms with Crippen LogP contribution in [0.2, 0.25) is 0 Å². The lowest BCUT2D eigenvalue weighted by molar-refractivity contribution is -0.00523. The predicted octanol–water partition coefficient (Wildman–Crippen LogP) is 3.66. The molecule has 0 radical (unpaired) electrons. The highest BCUT2D eigenvalue weighted by Gasteiger charge is 2.26. The third-order valence-electron chi connectivity index (χ3n) is 4.99. The van der Waals surface area contributed by atoms with E-state index in [-0.39, 0.29) is 23.9 Å². The fourth-order valence-electron chi connectivity index (χ4n) is 3.84. The lowest BCUT2D eigenvalue weighted by Gasteiger charge is -2.35. The summed E-state index contributed by atoms with van der Waals surface area (Å²) in [6.45, 7) is 11.8. The fraction of sp³-hybridized carbons (Fsp3) is 0.455. The molecule has 164 valence electrons. The molecule has 1 N–H and O–H groups in total. The van der Waals surface area contributed by atoms with Crippen LogP contribution in [0.4, 0.5) is 5.13 Å². The smallest absolute Gasteiger partial charge is 0.290 e. The van der Waals surface area contributed by atoms with Gasteiger partial charge in [0.05, 0.1) is 35.0 Å². The largest absolute Gasteiger partial charge is 0.372 e. The molecular formula is C22H27N5O3S. The minimum atomic E-state index is -0.309. The number of amides is 1. The Hall–Kier alpha value is -2.78. The van der Waals surface area contributed by atoms with Crippen LogP contribution in [-0.4, -0.2) is 46.3 Å². The van der Waals surface area contributed by atoms with Gasteiger partial charge < -0.3 is 19.5 Å². The number of anilines is 1. The highest BCUT2D eigenvalue weighted by molar-refractivity contribution is 7.19. The van der Waals surface area contributed by atoms with E-state index in [9.17, 15) is 4.79 Å². The Morgan fingerprint density at radius 2 is 1.77 bits per heavy atom. The number of morpholine rings is 1. The van der Waals surface area contributed by atoms with Crippen molar-refractivity contribution in [2.24, 2.45) is 0 Å². The molecule has 1 aliphatic heterocycles. The first-order valence-corrected chi connectivity index (χ1v) is 11.2. The van der Waals surface area contributed by atoms with E-state index in [1.54, 1.807) is 24.3 Å². The van der Waals surface area contributed by atoms with Crippen molar-refractivity contribution >= 4 is 22.4 Å². The SMILES string of the molecule is Cc1cc(C(=O)NCc2nc(N3CC(C)OC(C)C3)sc2-c2cc(C)nc(C)c2)on1. The number of thiazole rings is 1. The molecule has 1 aliphatic rings. The molecule has 1 fully saturated rings. The Balaban J connectivity index is 1.64. The predicted molar refractivity (Wildman–Crippen MR) is 119 cm³/mol. The normalized spacial score (nSPS) is 18.9. The van der Waals surface area contributed by atoms with E-state index in [1.165, 1.54) is 0 Å². The molecule has 3 aromatic heterocycles. The Kier molecular flexibility index (Phi) is 6.06. The van der Waals surface area contributed by atoms with Crippen molar-refractivity contribution in [1.29, 1.82) is 0 Å². The number of carbonyl (C=O) groups excluding carboxylic acids is 1. The maximum atomic E-state index is 12.5. The van der Waals surface area contributed by atoms with Gasteiger partial charge >= 0.3 is 0 Å². The molecule has 9 heteroatoms. The number of hydrogen-bond donors (Lipinski definition) is 1. The zero-order valence-corrected chi connectivity index (χ0v) is 19.2. The first-order chi connectivity index (χ1) is 14.8. The number of aryl methyl sites for hydroxylation is 3. The zero-order valence-electron chi connectivity index (χ0n) is 18.4. The molecular weight excluding hydrogens is 414 g/mol. The van der Waals surface area contributed by atoms with Gasteiger partial charge in [0.15, 0.2) is 5.13 Å². The van der Waals surface area contributed by atoms with Gasteiger partial charge in [-0.15, -0.1) is 0 Å². The number of aromatic nitrogens is 3. The first kappa shape index (κ1) is 21.5. The van der Waals surface area contributed by atoms with E-state index in [0.29, 0.717) is 12.2 Å². The summed E-state index contributed by atoms with van der Waals surface area (Å²) < 4.78 is 10.9. The van der Waals surface area contributed by atoms with Crippen LogP contribution in [0.15, 0.2) is 22.7 Å². The lowest BCUT2D eigenvalue weighted by Crippen LogP contribution is -2.45. The molecule has 0 saturated carbocycles. The minimum absolute atomic E-state index is 0.138. The summed E-state index contributed by atoms with van der Waals surface area (Å²) >= 11 is 1.64. The van der Waals surface area contributed by atoms with Crippen LogP contribution in [-0.2, 0) is 11.3 Å². The minimum Gasteiger partial charge on any atom is -0.372 e. The highest BCUT2D eigenvalue weighted by Crippen LogP contribution is 2.36. The van der Waals surface area contributed by atoms with Gasteiger partial charge in [-0.1, -0.05) is 16.5 Å². The van der Waals surface area contributed by atoms with Gasteiger partial charge in [0, 0.05) is 30.5 Å². The second kappa shape index (κ2) is 8.76. The molecule has 0 bridgehead atoms. The van der Waals surface area contributed by atoms with Crippen molar-refractivity contribution in [2.45, 2.75) is 53.4 Å². The van der Waals surface area contributed by atoms with E-state index in [0.717, 1.165) is 45.7 Å². The number of pyridine rings is 1. The number of nitrogens with one attached hydrogen (secondary N) is 1. The maximum absolute atomic E-state index is 12.5. The molecule has 0 aliphatic carbocycles. The van der Waals surface area contributed by atoms with Crippen molar-refractivity contribution < 1.29 is 14.1 Å². The van der Waals surface area contributed by atoms with Crippen molar-refractivity contribution in [3.05, 3.63) is 46.7 Å². The number of nitrogens with zero attached hydrogens (tertiary/aromatic N) is 4. The fourth-order valence-corrected chi connectivity index (χ4v) is 4.93. The molecule has 1 amide bonds. The Labute approximate surface area is 185 Å². The molecule has 4 rings (SSSR count). The van der Waals surface area contributed by atoms with Gasteiger partial charge in [-0.25, -0.2) is 4.98 Å². The Morgan fingerprint density at radius 3 is 2.39 bits per heavy atom. The summed E-state index contributed by atoms with van der Waals surface area (Å²) in [6.07, 6.45) is 0.277. The van der Waals surface area contributed by atoms with E-state index in [4.69, 9.17) is 14.2 Å². The molecule has 2 unspecified atom stereocenters. The van der Waals surface area contributed by atoms with Gasteiger partial charge in [-0.3, -0.25) is 9.78 Å². The first-order valence-electron chi connectivity index (χ1n) is 10.4. The third kappa shape index (κ3) is 4.94. The maximum Gasteiger partial charge on any atom is 0.290 e. The van der Waals surface area contributed by atoms with E-state index < -0.39 is 0 Å². The number of carbonyl (C=O) groups is 1. The number of ether oxygens (including phenoxy) is 1. The summed E-state index contributed by atoms with van der Waals surface area (Å²) in [5, 5.41) is 7.63. The van der Waals surface area contributed by atoms with E-state index in [1.807, 2.05) is 13.8 Å². The quantitative estimate of drug-likeness (QED) is 0.646. The third-order valence-corrected chi connectivity index (χ3v) is 6.20. The summed E-state index contributed by atoms with van der Waals surface area (Å²) in [6, 6.07) is 5.73. The van der Waals surface area contributed by atoms with Gasteiger partial charge in [0.1, 0.15) is 0 Å². The second-order valence-electron chi connectivity index (χ2n) is 8.09. The number of rotatable bonds is 5. The van der Waals surface area contributed by atoms with Gasteiger partial charge in [0.25, 0.3) is 5.91 Å². The summed E-state index contributed by atoms with van der Waals surface area (Å²) in [5.41, 5.74) is 4.45. The van der Waals surface area contributed by atoms with Crippen molar-refractivity contribution in [3.8, 4) is 10.4 Å². The molecule has 1 saturated heterocycles. The van der Waals surface area contributed by atoms with E-state index in [2.05, 4.69) is 46.3 Å². The molecule has 3 aromatic rings. The van der Waals surface area contributed by atoms with Crippen LogP contribution in [0.1, 0.15) is 47.2 Å². The summed E-state index contributed by atoms with van der Waals surface area (Å²) in [7, 11) is 0. The lowest BCUT2D eigenvalue weighted by atomic mass is 10.1. The van der Waals surface area contributed by atoms with Crippen LogP contribution in [0.3, 0.4) is 0 Å². The van der Waals surface area contributed by atoms with Crippen LogP contribution < -0.4 is 10.2 Å². The molecule has 0 spiro atoms. The zero-order chi connectivity index (χ0) is 22.1. The molecule has 4 heterocycles. The van der Waals surface area contributed by atoms with Gasteiger partial charge in [-0.05, 0) is 52.3 Å². The molecule has 31 heavy (non-hydrogen) atoms. The average molecular weight is 442 g/mol. The van der Waals surface area contributed by atoms with Crippen molar-refractivity contribution in [2.75, 3.05) is 18.0 Å². The van der Waals surface area contributed by atoms with Crippen LogP contribution in [0.25, 0.3) is 10.4 Å². The molecule has 0 aromatic carbocycles. The van der Waals surface area contributed by atoms with Crippen LogP contribution >= 0.6 is 11.3 Å². The summed E-state index contributed by atoms with van der Waals surface area (Å²) in [5.74, 6) is -0.113. The average Bonchev–Trinajstić information content (AvgIpc) is 3.31. The second-order valence-corrected chi connectivity index (χ2v) is 9.07. The van der Waals surface area contributed by atoms with Crippen LogP contribution in [0, 0.1) is 20.8 Å². The Morgan fingerprint density at radius 1 is 1.10 bits per heavy atom. The van der Waals surface area contributed by atoms with E-state index >= 15 is 0 Å². The van der Waals surface area contributed by atoms with Gasteiger partial charge in [0.2, 0.25) is 5.76 Å². The highest BCUT2D eigenvalue weighted by atomic mass is 32.1. The number of hydrogen-bond acceptors (Lipinski definition) is 8. The van der Waals surface area contributed by atoms with Crippen molar-refractivity contribution in [1.82, 2.24) is 20.4 Å². The van der Waals surface area contributed by atoms with Crippen LogP contribution in [0.5, 0.6) is 0 Å².